The maximum absolute atomic E-state index is 12.9. The molecule has 2 aromatic heterocycles. The van der Waals surface area contributed by atoms with Gasteiger partial charge in [0.15, 0.2) is 0 Å². The van der Waals surface area contributed by atoms with Gasteiger partial charge in [-0.3, -0.25) is 9.20 Å². The zero-order valence-electron chi connectivity index (χ0n) is 15.3. The SMILES string of the molecule is Cc1ccn2c(NC(=O)c3cc(Cl)cc(Cl)c3)c(-c3ccccc3C)nc2c1. The number of hydrogen-bond acceptors (Lipinski definition) is 2. The van der Waals surface area contributed by atoms with Gasteiger partial charge >= 0.3 is 0 Å². The van der Waals surface area contributed by atoms with Crippen molar-refractivity contribution in [3.8, 4) is 11.3 Å². The van der Waals surface area contributed by atoms with Gasteiger partial charge in [0.25, 0.3) is 5.91 Å². The van der Waals surface area contributed by atoms with Gasteiger partial charge in [-0.25, -0.2) is 4.98 Å². The molecule has 0 saturated heterocycles. The number of rotatable bonds is 3. The number of pyridine rings is 1. The number of hydrogen-bond donors (Lipinski definition) is 1. The monoisotopic (exact) mass is 409 g/mol. The second kappa shape index (κ2) is 7.30. The lowest BCUT2D eigenvalue weighted by atomic mass is 10.1. The largest absolute Gasteiger partial charge is 0.306 e. The van der Waals surface area contributed by atoms with E-state index >= 15 is 0 Å². The molecule has 0 aliphatic rings. The first-order valence-electron chi connectivity index (χ1n) is 8.74. The molecule has 0 spiro atoms. The Morgan fingerprint density at radius 2 is 1.71 bits per heavy atom. The third kappa shape index (κ3) is 3.49. The Morgan fingerprint density at radius 1 is 1.00 bits per heavy atom. The van der Waals surface area contributed by atoms with Crippen molar-refractivity contribution in [2.45, 2.75) is 13.8 Å². The van der Waals surface area contributed by atoms with Gasteiger partial charge in [0, 0.05) is 27.4 Å². The van der Waals surface area contributed by atoms with Crippen molar-refractivity contribution in [1.82, 2.24) is 9.38 Å². The molecular weight excluding hydrogens is 393 g/mol. The summed E-state index contributed by atoms with van der Waals surface area (Å²) in [6.45, 7) is 4.03. The molecule has 4 rings (SSSR count). The van der Waals surface area contributed by atoms with Crippen LogP contribution >= 0.6 is 23.2 Å². The van der Waals surface area contributed by atoms with Crippen LogP contribution < -0.4 is 5.32 Å². The Kier molecular flexibility index (Phi) is 4.84. The van der Waals surface area contributed by atoms with Crippen LogP contribution in [0, 0.1) is 13.8 Å². The van der Waals surface area contributed by atoms with Crippen molar-refractivity contribution in [2.24, 2.45) is 0 Å². The van der Waals surface area contributed by atoms with Gasteiger partial charge in [-0.15, -0.1) is 0 Å². The molecule has 0 atom stereocenters. The highest BCUT2D eigenvalue weighted by molar-refractivity contribution is 6.35. The van der Waals surface area contributed by atoms with Gasteiger partial charge in [-0.1, -0.05) is 47.5 Å². The molecule has 140 valence electrons. The minimum atomic E-state index is -0.304. The van der Waals surface area contributed by atoms with Crippen molar-refractivity contribution >= 4 is 40.6 Å². The summed E-state index contributed by atoms with van der Waals surface area (Å²) in [5.41, 5.74) is 4.98. The molecule has 0 aliphatic heterocycles. The maximum atomic E-state index is 12.9. The molecule has 0 radical (unpaired) electrons. The molecule has 4 aromatic rings. The summed E-state index contributed by atoms with van der Waals surface area (Å²) < 4.78 is 1.87. The van der Waals surface area contributed by atoms with Crippen LogP contribution in [0.25, 0.3) is 16.9 Å². The van der Waals surface area contributed by atoms with E-state index in [0.29, 0.717) is 27.1 Å². The number of fused-ring (bicyclic) bond motifs is 1. The number of amides is 1. The molecule has 0 fully saturated rings. The van der Waals surface area contributed by atoms with Gasteiger partial charge in [0.05, 0.1) is 0 Å². The number of benzene rings is 2. The van der Waals surface area contributed by atoms with Crippen LogP contribution in [0.2, 0.25) is 10.0 Å². The van der Waals surface area contributed by atoms with Crippen LogP contribution in [0.1, 0.15) is 21.5 Å². The number of carbonyl (C=O) groups excluding carboxylic acids is 1. The first-order chi connectivity index (χ1) is 13.4. The van der Waals surface area contributed by atoms with Crippen molar-refractivity contribution in [1.29, 1.82) is 0 Å². The number of anilines is 1. The summed E-state index contributed by atoms with van der Waals surface area (Å²) in [6.07, 6.45) is 1.90. The summed E-state index contributed by atoms with van der Waals surface area (Å²) in [4.78, 5) is 17.7. The molecule has 1 amide bonds. The third-order valence-electron chi connectivity index (χ3n) is 4.54. The van der Waals surface area contributed by atoms with Crippen LogP contribution in [0.15, 0.2) is 60.8 Å². The normalized spacial score (nSPS) is 11.0. The minimum Gasteiger partial charge on any atom is -0.306 e. The van der Waals surface area contributed by atoms with Gasteiger partial charge < -0.3 is 5.32 Å². The van der Waals surface area contributed by atoms with E-state index < -0.39 is 0 Å². The fraction of sp³-hybridized carbons (Fsp3) is 0.0909. The van der Waals surface area contributed by atoms with E-state index in [2.05, 4.69) is 5.32 Å². The lowest BCUT2D eigenvalue weighted by Gasteiger charge is -2.10. The highest BCUT2D eigenvalue weighted by atomic mass is 35.5. The molecule has 2 aromatic carbocycles. The zero-order chi connectivity index (χ0) is 19.8. The number of aryl methyl sites for hydroxylation is 2. The Bertz CT molecular complexity index is 1190. The Balaban J connectivity index is 1.86. The van der Waals surface area contributed by atoms with Crippen LogP contribution in [0.5, 0.6) is 0 Å². The molecule has 4 nitrogen and oxygen atoms in total. The summed E-state index contributed by atoms with van der Waals surface area (Å²) >= 11 is 12.1. The molecule has 0 saturated carbocycles. The molecule has 0 aliphatic carbocycles. The highest BCUT2D eigenvalue weighted by Crippen LogP contribution is 2.32. The van der Waals surface area contributed by atoms with Crippen molar-refractivity contribution in [3.05, 3.63) is 87.5 Å². The standard InChI is InChI=1S/C22H17Cl2N3O/c1-13-7-8-27-19(9-13)25-20(18-6-4-3-5-14(18)2)21(27)26-22(28)15-10-16(23)12-17(24)11-15/h3-12H,1-2H3,(H,26,28). The fourth-order valence-electron chi connectivity index (χ4n) is 3.16. The van der Waals surface area contributed by atoms with E-state index in [0.717, 1.165) is 22.3 Å². The van der Waals surface area contributed by atoms with Crippen LogP contribution in [0.3, 0.4) is 0 Å². The van der Waals surface area contributed by atoms with Gasteiger partial charge in [0.1, 0.15) is 17.2 Å². The topological polar surface area (TPSA) is 46.4 Å². The van der Waals surface area contributed by atoms with E-state index in [9.17, 15) is 4.79 Å². The van der Waals surface area contributed by atoms with Crippen LogP contribution in [0.4, 0.5) is 5.82 Å². The summed E-state index contributed by atoms with van der Waals surface area (Å²) in [5, 5.41) is 3.81. The van der Waals surface area contributed by atoms with E-state index in [1.165, 1.54) is 0 Å². The minimum absolute atomic E-state index is 0.304. The number of aromatic nitrogens is 2. The molecule has 2 heterocycles. The summed E-state index contributed by atoms with van der Waals surface area (Å²) in [6, 6.07) is 16.7. The maximum Gasteiger partial charge on any atom is 0.256 e. The Labute approximate surface area is 172 Å². The lowest BCUT2D eigenvalue weighted by Crippen LogP contribution is -2.14. The number of nitrogens with one attached hydrogen (secondary N) is 1. The smallest absolute Gasteiger partial charge is 0.256 e. The molecule has 6 heteroatoms. The Morgan fingerprint density at radius 3 is 2.43 bits per heavy atom. The van der Waals surface area contributed by atoms with Crippen LogP contribution in [-0.4, -0.2) is 15.3 Å². The summed E-state index contributed by atoms with van der Waals surface area (Å²) in [5.74, 6) is 0.298. The summed E-state index contributed by atoms with van der Waals surface area (Å²) in [7, 11) is 0. The molecular formula is C22H17Cl2N3O. The van der Waals surface area contributed by atoms with Crippen LogP contribution in [-0.2, 0) is 0 Å². The first-order valence-corrected chi connectivity index (χ1v) is 9.50. The number of imidazole rings is 1. The van der Waals surface area contributed by atoms with E-state index in [-0.39, 0.29) is 5.91 Å². The number of carbonyl (C=O) groups is 1. The molecule has 28 heavy (non-hydrogen) atoms. The third-order valence-corrected chi connectivity index (χ3v) is 4.97. The second-order valence-corrected chi connectivity index (χ2v) is 7.54. The van der Waals surface area contributed by atoms with E-state index in [1.807, 2.05) is 60.8 Å². The molecule has 0 bridgehead atoms. The average molecular weight is 410 g/mol. The van der Waals surface area contributed by atoms with Crippen molar-refractivity contribution < 1.29 is 4.79 Å². The zero-order valence-corrected chi connectivity index (χ0v) is 16.8. The highest BCUT2D eigenvalue weighted by Gasteiger charge is 2.19. The van der Waals surface area contributed by atoms with E-state index in [4.69, 9.17) is 28.2 Å². The first kappa shape index (κ1) is 18.5. The van der Waals surface area contributed by atoms with Gasteiger partial charge in [-0.05, 0) is 55.3 Å². The average Bonchev–Trinajstić information content (AvgIpc) is 2.98. The molecule has 0 unspecified atom stereocenters. The van der Waals surface area contributed by atoms with Gasteiger partial charge in [0.2, 0.25) is 0 Å². The second-order valence-electron chi connectivity index (χ2n) is 6.67. The molecule has 1 N–H and O–H groups in total. The fourth-order valence-corrected chi connectivity index (χ4v) is 3.68. The Hall–Kier alpha value is -2.82. The predicted molar refractivity (Wildman–Crippen MR) is 115 cm³/mol. The number of halogens is 2. The quantitative estimate of drug-likeness (QED) is 0.439. The van der Waals surface area contributed by atoms with Crippen molar-refractivity contribution in [2.75, 3.05) is 5.32 Å². The predicted octanol–water partition coefficient (Wildman–Crippen LogP) is 6.18. The van der Waals surface area contributed by atoms with Gasteiger partial charge in [-0.2, -0.15) is 0 Å². The van der Waals surface area contributed by atoms with Crippen molar-refractivity contribution in [3.63, 3.8) is 0 Å². The lowest BCUT2D eigenvalue weighted by molar-refractivity contribution is 0.102. The number of nitrogens with zero attached hydrogens (tertiary/aromatic N) is 2. The van der Waals surface area contributed by atoms with E-state index in [1.54, 1.807) is 18.2 Å².